The van der Waals surface area contributed by atoms with Crippen LogP contribution in [0.25, 0.3) is 0 Å². The number of nitrogens with one attached hydrogen (secondary N) is 1. The van der Waals surface area contributed by atoms with Crippen molar-refractivity contribution in [1.29, 1.82) is 0 Å². The van der Waals surface area contributed by atoms with Crippen molar-refractivity contribution in [2.45, 2.75) is 270 Å². The molecule has 0 aliphatic rings. The van der Waals surface area contributed by atoms with E-state index in [9.17, 15) is 20.1 Å². The highest BCUT2D eigenvalue weighted by molar-refractivity contribution is 5.76. The summed E-state index contributed by atoms with van der Waals surface area (Å²) in [7, 11) is 0. The number of amides is 1. The van der Waals surface area contributed by atoms with Crippen molar-refractivity contribution in [3.8, 4) is 0 Å². The monoisotopic (exact) mass is 696 g/mol. The Hall–Kier alpha value is -0.650. The average molecular weight is 696 g/mol. The first-order valence-corrected chi connectivity index (χ1v) is 22.3. The zero-order chi connectivity index (χ0) is 35.9. The Bertz CT molecular complexity index is 644. The molecule has 5 heteroatoms. The van der Waals surface area contributed by atoms with Crippen molar-refractivity contribution in [1.82, 2.24) is 5.32 Å². The molecule has 0 heterocycles. The number of unbranched alkanes of at least 4 members (excludes halogenated alkanes) is 33. The van der Waals surface area contributed by atoms with E-state index < -0.39 is 18.2 Å². The van der Waals surface area contributed by atoms with E-state index >= 15 is 0 Å². The van der Waals surface area contributed by atoms with Crippen molar-refractivity contribution < 1.29 is 20.1 Å². The molecule has 0 bridgehead atoms. The fourth-order valence-corrected chi connectivity index (χ4v) is 7.22. The summed E-state index contributed by atoms with van der Waals surface area (Å²) in [5, 5.41) is 33.5. The second-order valence-electron chi connectivity index (χ2n) is 15.6. The van der Waals surface area contributed by atoms with Crippen LogP contribution in [0.3, 0.4) is 0 Å². The zero-order valence-electron chi connectivity index (χ0n) is 33.4. The topological polar surface area (TPSA) is 89.8 Å². The van der Waals surface area contributed by atoms with E-state index in [2.05, 4.69) is 19.2 Å². The minimum Gasteiger partial charge on any atom is -0.394 e. The lowest BCUT2D eigenvalue weighted by Crippen LogP contribution is -2.50. The highest BCUT2D eigenvalue weighted by Gasteiger charge is 2.26. The van der Waals surface area contributed by atoms with Gasteiger partial charge in [0.05, 0.1) is 18.8 Å². The summed E-state index contributed by atoms with van der Waals surface area (Å²) in [6.45, 7) is 4.19. The van der Waals surface area contributed by atoms with Crippen LogP contribution in [0.1, 0.15) is 251 Å². The summed E-state index contributed by atoms with van der Waals surface area (Å²) in [6, 6.07) is -0.802. The van der Waals surface area contributed by atoms with Crippen LogP contribution >= 0.6 is 0 Å². The van der Waals surface area contributed by atoms with Crippen molar-refractivity contribution in [2.24, 2.45) is 0 Å². The standard InChI is InChI=1S/C44H89NO4/c1-3-5-7-9-11-13-15-17-18-19-20-21-22-23-24-25-26-27-28-30-32-34-36-38-42(47)44(49)41(40-46)45-43(48)39-37-35-33-31-29-16-14-12-10-8-6-4-2/h41-42,44,46-47,49H,3-40H2,1-2H3,(H,45,48). The Labute approximate surface area is 307 Å². The molecule has 49 heavy (non-hydrogen) atoms. The number of hydrogen-bond donors (Lipinski definition) is 4. The zero-order valence-corrected chi connectivity index (χ0v) is 33.4. The van der Waals surface area contributed by atoms with E-state index in [1.165, 1.54) is 193 Å². The van der Waals surface area contributed by atoms with Gasteiger partial charge in [0.15, 0.2) is 0 Å². The molecule has 3 atom stereocenters. The second-order valence-corrected chi connectivity index (χ2v) is 15.6. The first-order valence-electron chi connectivity index (χ1n) is 22.3. The van der Waals surface area contributed by atoms with E-state index in [0.717, 1.165) is 32.1 Å². The summed E-state index contributed by atoms with van der Waals surface area (Å²) < 4.78 is 0. The molecule has 3 unspecified atom stereocenters. The summed E-state index contributed by atoms with van der Waals surface area (Å²) in [6.07, 6.45) is 45.0. The Morgan fingerprint density at radius 2 is 0.694 bits per heavy atom. The Balaban J connectivity index is 3.54. The molecule has 0 spiro atoms. The van der Waals surface area contributed by atoms with Crippen LogP contribution in [-0.4, -0.2) is 46.1 Å². The van der Waals surface area contributed by atoms with Crippen LogP contribution in [0, 0.1) is 0 Å². The molecule has 0 aromatic heterocycles. The number of rotatable bonds is 41. The molecule has 0 aromatic rings. The number of carbonyl (C=O) groups excluding carboxylic acids is 1. The lowest BCUT2D eigenvalue weighted by molar-refractivity contribution is -0.124. The van der Waals surface area contributed by atoms with Gasteiger partial charge in [-0.15, -0.1) is 0 Å². The molecule has 0 rings (SSSR count). The van der Waals surface area contributed by atoms with E-state index in [1.54, 1.807) is 0 Å². The highest BCUT2D eigenvalue weighted by atomic mass is 16.3. The lowest BCUT2D eigenvalue weighted by atomic mass is 9.99. The Morgan fingerprint density at radius 1 is 0.429 bits per heavy atom. The first kappa shape index (κ1) is 48.3. The van der Waals surface area contributed by atoms with E-state index in [-0.39, 0.29) is 12.5 Å². The smallest absolute Gasteiger partial charge is 0.220 e. The van der Waals surface area contributed by atoms with Crippen molar-refractivity contribution in [2.75, 3.05) is 6.61 Å². The highest BCUT2D eigenvalue weighted by Crippen LogP contribution is 2.17. The van der Waals surface area contributed by atoms with Gasteiger partial charge in [-0.05, 0) is 12.8 Å². The summed E-state index contributed by atoms with van der Waals surface area (Å²) in [5.74, 6) is -0.142. The van der Waals surface area contributed by atoms with E-state index in [0.29, 0.717) is 12.8 Å². The van der Waals surface area contributed by atoms with Gasteiger partial charge in [-0.2, -0.15) is 0 Å². The van der Waals surface area contributed by atoms with Crippen LogP contribution in [0.15, 0.2) is 0 Å². The molecule has 0 fully saturated rings. The third kappa shape index (κ3) is 35.5. The van der Waals surface area contributed by atoms with Gasteiger partial charge in [-0.1, -0.05) is 232 Å². The first-order chi connectivity index (χ1) is 24.1. The summed E-state index contributed by atoms with van der Waals surface area (Å²) in [4.78, 5) is 12.4. The van der Waals surface area contributed by atoms with Gasteiger partial charge < -0.3 is 20.6 Å². The molecule has 0 saturated heterocycles. The third-order valence-electron chi connectivity index (χ3n) is 10.7. The van der Waals surface area contributed by atoms with Crippen molar-refractivity contribution in [3.05, 3.63) is 0 Å². The Kier molecular flexibility index (Phi) is 39.6. The molecular formula is C44H89NO4. The molecule has 4 N–H and O–H groups in total. The molecule has 0 aliphatic carbocycles. The van der Waals surface area contributed by atoms with Gasteiger partial charge >= 0.3 is 0 Å². The number of carbonyl (C=O) groups is 1. The van der Waals surface area contributed by atoms with Crippen LogP contribution in [-0.2, 0) is 4.79 Å². The predicted octanol–water partition coefficient (Wildman–Crippen LogP) is 12.7. The average Bonchev–Trinajstić information content (AvgIpc) is 3.10. The molecule has 5 nitrogen and oxygen atoms in total. The van der Waals surface area contributed by atoms with Crippen molar-refractivity contribution >= 4 is 5.91 Å². The quantitative estimate of drug-likeness (QED) is 0.0479. The van der Waals surface area contributed by atoms with Gasteiger partial charge in [0, 0.05) is 6.42 Å². The summed E-state index contributed by atoms with van der Waals surface area (Å²) in [5.41, 5.74) is 0. The summed E-state index contributed by atoms with van der Waals surface area (Å²) >= 11 is 0. The van der Waals surface area contributed by atoms with Crippen LogP contribution in [0.5, 0.6) is 0 Å². The maximum Gasteiger partial charge on any atom is 0.220 e. The van der Waals surface area contributed by atoms with Crippen LogP contribution in [0.2, 0.25) is 0 Å². The Morgan fingerprint density at radius 3 is 0.980 bits per heavy atom. The maximum absolute atomic E-state index is 12.4. The van der Waals surface area contributed by atoms with E-state index in [4.69, 9.17) is 0 Å². The number of aliphatic hydroxyl groups is 3. The largest absolute Gasteiger partial charge is 0.394 e. The fraction of sp³-hybridized carbons (Fsp3) is 0.977. The fourth-order valence-electron chi connectivity index (χ4n) is 7.22. The van der Waals surface area contributed by atoms with Gasteiger partial charge in [-0.3, -0.25) is 4.79 Å². The van der Waals surface area contributed by atoms with Gasteiger partial charge in [-0.25, -0.2) is 0 Å². The normalized spacial score (nSPS) is 13.5. The molecule has 294 valence electrons. The van der Waals surface area contributed by atoms with Gasteiger partial charge in [0.1, 0.15) is 6.10 Å². The van der Waals surface area contributed by atoms with Gasteiger partial charge in [0.25, 0.3) is 0 Å². The lowest BCUT2D eigenvalue weighted by Gasteiger charge is -2.26. The third-order valence-corrected chi connectivity index (χ3v) is 10.7. The maximum atomic E-state index is 12.4. The molecular weight excluding hydrogens is 606 g/mol. The molecule has 0 aromatic carbocycles. The van der Waals surface area contributed by atoms with Gasteiger partial charge in [0.2, 0.25) is 5.91 Å². The second kappa shape index (κ2) is 40.1. The van der Waals surface area contributed by atoms with Crippen LogP contribution in [0.4, 0.5) is 0 Å². The van der Waals surface area contributed by atoms with Crippen LogP contribution < -0.4 is 5.32 Å². The molecule has 1 amide bonds. The van der Waals surface area contributed by atoms with E-state index in [1.807, 2.05) is 0 Å². The predicted molar refractivity (Wildman–Crippen MR) is 213 cm³/mol. The SMILES string of the molecule is CCCCCCCCCCCCCCCCCCCCCCCCCC(O)C(O)C(CO)NC(=O)CCCCCCCCCCCCCC. The molecule has 0 radical (unpaired) electrons. The minimum atomic E-state index is -1.13. The van der Waals surface area contributed by atoms with Crippen molar-refractivity contribution in [3.63, 3.8) is 0 Å². The molecule has 0 aliphatic heterocycles. The number of hydrogen-bond acceptors (Lipinski definition) is 4. The number of aliphatic hydroxyl groups excluding tert-OH is 3. The minimum absolute atomic E-state index is 0.142. The molecule has 0 saturated carbocycles.